The third kappa shape index (κ3) is 3.31. The van der Waals surface area contributed by atoms with Gasteiger partial charge in [0, 0.05) is 5.97 Å². The molecular weight excluding hydrogens is 356 g/mol. The molecule has 4 aliphatic carbocycles. The Kier molecular flexibility index (Phi) is 5.56. The van der Waals surface area contributed by atoms with Crippen LogP contribution in [-0.4, -0.2) is 39.6 Å². The fraction of sp³-hybridized carbons (Fsp3) is 0.957. The van der Waals surface area contributed by atoms with E-state index in [2.05, 4.69) is 13.8 Å². The van der Waals surface area contributed by atoms with Crippen LogP contribution >= 0.6 is 0 Å². The van der Waals surface area contributed by atoms with Crippen LogP contribution < -0.4 is 5.11 Å². The summed E-state index contributed by atoms with van der Waals surface area (Å²) in [7, 11) is 0. The van der Waals surface area contributed by atoms with Crippen molar-refractivity contribution in [3.05, 3.63) is 0 Å². The second kappa shape index (κ2) is 7.55. The van der Waals surface area contributed by atoms with Crippen LogP contribution in [0, 0.1) is 46.8 Å². The average Bonchev–Trinajstić information content (AvgIpc) is 3.07. The molecule has 0 aromatic rings. The summed E-state index contributed by atoms with van der Waals surface area (Å²) in [5.74, 6) is 1.03. The van der Waals surface area contributed by atoms with Crippen molar-refractivity contribution in [1.29, 1.82) is 0 Å². The van der Waals surface area contributed by atoms with E-state index in [4.69, 9.17) is 0 Å². The molecule has 4 aliphatic rings. The van der Waals surface area contributed by atoms with Gasteiger partial charge in [0.05, 0.1) is 18.3 Å². The van der Waals surface area contributed by atoms with Crippen molar-refractivity contribution >= 4 is 5.97 Å². The molecule has 11 atom stereocenters. The van der Waals surface area contributed by atoms with Crippen molar-refractivity contribution in [3.63, 3.8) is 0 Å². The lowest BCUT2D eigenvalue weighted by atomic mass is 9.45. The molecule has 28 heavy (non-hydrogen) atoms. The Morgan fingerprint density at radius 3 is 2.50 bits per heavy atom. The first-order valence-electron chi connectivity index (χ1n) is 11.5. The van der Waals surface area contributed by atoms with Crippen LogP contribution in [0.5, 0.6) is 0 Å². The molecule has 5 nitrogen and oxygen atoms in total. The van der Waals surface area contributed by atoms with Gasteiger partial charge in [0.2, 0.25) is 0 Å². The van der Waals surface area contributed by atoms with Crippen LogP contribution in [0.3, 0.4) is 0 Å². The molecule has 0 bridgehead atoms. The van der Waals surface area contributed by atoms with Crippen LogP contribution in [-0.2, 0) is 4.79 Å². The highest BCUT2D eigenvalue weighted by Gasteiger charge is 2.61. The van der Waals surface area contributed by atoms with Gasteiger partial charge >= 0.3 is 0 Å². The molecule has 4 unspecified atom stereocenters. The fourth-order valence-corrected chi connectivity index (χ4v) is 8.17. The number of fused-ring (bicyclic) bond motifs is 5. The summed E-state index contributed by atoms with van der Waals surface area (Å²) in [5.41, 5.74) is 0.105. The SMILES string of the molecule is C[C@H](CCC(=O)[O-])[C@H]1CC[C@@H]2C1C(O)C[C@H]1[C@H]2C(O)C[C@@H]2CC(O)CC[C@@]21C. The Hall–Kier alpha value is -0.650. The number of carbonyl (C=O) groups is 1. The van der Waals surface area contributed by atoms with Crippen molar-refractivity contribution < 1.29 is 25.2 Å². The van der Waals surface area contributed by atoms with Crippen LogP contribution in [0.4, 0.5) is 0 Å². The molecule has 4 rings (SSSR count). The first-order chi connectivity index (χ1) is 13.2. The molecule has 3 N–H and O–H groups in total. The molecule has 0 aromatic carbocycles. The summed E-state index contributed by atoms with van der Waals surface area (Å²) in [6.07, 6.45) is 5.92. The average molecular weight is 394 g/mol. The smallest absolute Gasteiger partial charge is 0.0576 e. The lowest BCUT2D eigenvalue weighted by Crippen LogP contribution is -2.59. The molecule has 0 spiro atoms. The maximum Gasteiger partial charge on any atom is 0.0576 e. The Morgan fingerprint density at radius 2 is 1.79 bits per heavy atom. The first kappa shape index (κ1) is 20.6. The number of carboxylic acids is 1. The third-order valence-electron chi connectivity index (χ3n) is 9.58. The van der Waals surface area contributed by atoms with E-state index in [-0.39, 0.29) is 47.9 Å². The van der Waals surface area contributed by atoms with Gasteiger partial charge in [0.1, 0.15) is 0 Å². The molecule has 0 aromatic heterocycles. The summed E-state index contributed by atoms with van der Waals surface area (Å²) in [5, 5.41) is 43.4. The standard InChI is InChI=1S/C23H38O5/c1-12(3-6-20(27)28)15-4-5-16-21(15)19(26)11-17-22(16)18(25)10-13-9-14(24)7-8-23(13,17)2/h12-19,21-22,24-26H,3-11H2,1-2H3,(H,27,28)/p-1/t12-,13+,14?,15-,16-,17+,18?,19?,21?,22+,23+/m1/s1. The minimum Gasteiger partial charge on any atom is -0.550 e. The summed E-state index contributed by atoms with van der Waals surface area (Å²) < 4.78 is 0. The first-order valence-corrected chi connectivity index (χ1v) is 11.5. The predicted molar refractivity (Wildman–Crippen MR) is 103 cm³/mol. The highest BCUT2D eigenvalue weighted by Crippen LogP contribution is 2.64. The minimum absolute atomic E-state index is 0.0852. The van der Waals surface area contributed by atoms with Crippen molar-refractivity contribution in [2.24, 2.45) is 46.8 Å². The fourth-order valence-electron chi connectivity index (χ4n) is 8.17. The largest absolute Gasteiger partial charge is 0.550 e. The number of aliphatic carboxylic acids is 1. The van der Waals surface area contributed by atoms with E-state index >= 15 is 0 Å². The molecule has 0 amide bonds. The van der Waals surface area contributed by atoms with Crippen LogP contribution in [0.1, 0.15) is 71.6 Å². The second-order valence-electron chi connectivity index (χ2n) is 10.8. The summed E-state index contributed by atoms with van der Waals surface area (Å²) in [6, 6.07) is 0. The Balaban J connectivity index is 1.55. The van der Waals surface area contributed by atoms with E-state index in [1.165, 1.54) is 0 Å². The van der Waals surface area contributed by atoms with E-state index in [0.717, 1.165) is 44.9 Å². The summed E-state index contributed by atoms with van der Waals surface area (Å²) >= 11 is 0. The number of aliphatic hydroxyl groups is 3. The molecule has 0 aliphatic heterocycles. The van der Waals surface area contributed by atoms with Crippen molar-refractivity contribution in [3.8, 4) is 0 Å². The maximum atomic E-state index is 11.2. The second-order valence-corrected chi connectivity index (χ2v) is 10.8. The van der Waals surface area contributed by atoms with Gasteiger partial charge in [-0.25, -0.2) is 0 Å². The van der Waals surface area contributed by atoms with Gasteiger partial charge in [0.15, 0.2) is 0 Å². The Bertz CT molecular complexity index is 594. The van der Waals surface area contributed by atoms with Crippen LogP contribution in [0.2, 0.25) is 0 Å². The highest BCUT2D eigenvalue weighted by molar-refractivity contribution is 5.64. The zero-order chi connectivity index (χ0) is 20.2. The number of hydrogen-bond donors (Lipinski definition) is 3. The van der Waals surface area contributed by atoms with Gasteiger partial charge in [-0.1, -0.05) is 13.8 Å². The quantitative estimate of drug-likeness (QED) is 0.675. The summed E-state index contributed by atoms with van der Waals surface area (Å²) in [4.78, 5) is 10.9. The molecule has 0 heterocycles. The van der Waals surface area contributed by atoms with E-state index in [0.29, 0.717) is 30.1 Å². The number of rotatable bonds is 4. The minimum atomic E-state index is -0.994. The number of carboxylic acid groups (broad SMARTS) is 1. The summed E-state index contributed by atoms with van der Waals surface area (Å²) in [6.45, 7) is 4.46. The molecule has 0 radical (unpaired) electrons. The van der Waals surface area contributed by atoms with E-state index in [1.807, 2.05) is 0 Å². The lowest BCUT2D eigenvalue weighted by Gasteiger charge is -2.61. The molecule has 4 saturated carbocycles. The Labute approximate surface area is 168 Å². The zero-order valence-electron chi connectivity index (χ0n) is 17.3. The van der Waals surface area contributed by atoms with E-state index in [1.54, 1.807) is 0 Å². The zero-order valence-corrected chi connectivity index (χ0v) is 17.3. The molecule has 4 fully saturated rings. The van der Waals surface area contributed by atoms with Gasteiger partial charge in [-0.05, 0) is 105 Å². The van der Waals surface area contributed by atoms with Crippen molar-refractivity contribution in [1.82, 2.24) is 0 Å². The molecule has 160 valence electrons. The number of hydrogen-bond acceptors (Lipinski definition) is 5. The number of aliphatic hydroxyl groups excluding tert-OH is 3. The topological polar surface area (TPSA) is 101 Å². The normalized spacial score (nSPS) is 51.7. The van der Waals surface area contributed by atoms with Gasteiger partial charge in [-0.2, -0.15) is 0 Å². The molecule has 5 heteroatoms. The molecular formula is C23H37O5-. The van der Waals surface area contributed by atoms with Crippen molar-refractivity contribution in [2.45, 2.75) is 89.9 Å². The van der Waals surface area contributed by atoms with Gasteiger partial charge in [-0.15, -0.1) is 0 Å². The van der Waals surface area contributed by atoms with E-state index in [9.17, 15) is 25.2 Å². The van der Waals surface area contributed by atoms with Gasteiger partial charge < -0.3 is 25.2 Å². The predicted octanol–water partition coefficient (Wildman–Crippen LogP) is 1.72. The number of carbonyl (C=O) groups excluding carboxylic acids is 1. The van der Waals surface area contributed by atoms with Crippen LogP contribution in [0.25, 0.3) is 0 Å². The van der Waals surface area contributed by atoms with Gasteiger partial charge in [0.25, 0.3) is 0 Å². The monoisotopic (exact) mass is 393 g/mol. The maximum absolute atomic E-state index is 11.2. The van der Waals surface area contributed by atoms with E-state index < -0.39 is 5.97 Å². The third-order valence-corrected chi connectivity index (χ3v) is 9.58. The highest BCUT2D eigenvalue weighted by atomic mass is 16.4. The van der Waals surface area contributed by atoms with Gasteiger partial charge in [-0.3, -0.25) is 0 Å². The van der Waals surface area contributed by atoms with Crippen molar-refractivity contribution in [2.75, 3.05) is 0 Å². The molecule has 0 saturated heterocycles. The Morgan fingerprint density at radius 1 is 1.07 bits per heavy atom. The van der Waals surface area contributed by atoms with Crippen LogP contribution in [0.15, 0.2) is 0 Å². The lowest BCUT2D eigenvalue weighted by molar-refractivity contribution is -0.306.